The average Bonchev–Trinajstić information content (AvgIpc) is 2.63. The summed E-state index contributed by atoms with van der Waals surface area (Å²) in [5.74, 6) is 0.495. The van der Waals surface area contributed by atoms with Crippen LogP contribution < -0.4 is 4.74 Å². The van der Waals surface area contributed by atoms with E-state index in [4.69, 9.17) is 14.9 Å². The Bertz CT molecular complexity index is 924. The molecule has 0 heterocycles. The van der Waals surface area contributed by atoms with Gasteiger partial charge in [0.05, 0.1) is 0 Å². The normalized spacial score (nSPS) is 10.2. The predicted molar refractivity (Wildman–Crippen MR) is 106 cm³/mol. The molecule has 0 amide bonds. The van der Waals surface area contributed by atoms with E-state index >= 15 is 0 Å². The SMILES string of the molecule is CC(=O)Oc1ccc(O)cc1.Oc1ccc(C=Cc2cc(O)cc(O)c2)cc1. The minimum atomic E-state index is -0.365. The molecule has 3 aromatic rings. The Morgan fingerprint density at radius 3 is 1.64 bits per heavy atom. The molecular formula is C22H20O6. The van der Waals surface area contributed by atoms with E-state index in [1.54, 1.807) is 42.5 Å². The van der Waals surface area contributed by atoms with Crippen LogP contribution in [0.3, 0.4) is 0 Å². The number of carbonyl (C=O) groups excluding carboxylic acids is 1. The predicted octanol–water partition coefficient (Wildman–Crippen LogP) is 4.29. The van der Waals surface area contributed by atoms with E-state index in [1.165, 1.54) is 37.3 Å². The topological polar surface area (TPSA) is 107 Å². The Hall–Kier alpha value is -3.93. The number of benzene rings is 3. The first-order valence-electron chi connectivity index (χ1n) is 8.29. The number of hydrogen-bond acceptors (Lipinski definition) is 6. The highest BCUT2D eigenvalue weighted by Gasteiger charge is 1.97. The summed E-state index contributed by atoms with van der Waals surface area (Å²) in [7, 11) is 0. The Morgan fingerprint density at radius 1 is 0.679 bits per heavy atom. The van der Waals surface area contributed by atoms with E-state index < -0.39 is 0 Å². The maximum absolute atomic E-state index is 10.4. The van der Waals surface area contributed by atoms with Crippen molar-refractivity contribution in [2.75, 3.05) is 0 Å². The van der Waals surface area contributed by atoms with Crippen LogP contribution in [0.4, 0.5) is 0 Å². The summed E-state index contributed by atoms with van der Waals surface area (Å²) in [5, 5.41) is 36.6. The molecule has 0 aromatic heterocycles. The third-order valence-corrected chi connectivity index (χ3v) is 3.38. The number of phenols is 4. The van der Waals surface area contributed by atoms with E-state index in [1.807, 2.05) is 6.08 Å². The first kappa shape index (κ1) is 20.4. The van der Waals surface area contributed by atoms with Gasteiger partial charge >= 0.3 is 5.97 Å². The lowest BCUT2D eigenvalue weighted by Crippen LogP contribution is -2.00. The van der Waals surface area contributed by atoms with Crippen molar-refractivity contribution in [1.29, 1.82) is 0 Å². The summed E-state index contributed by atoms with van der Waals surface area (Å²) < 4.78 is 4.72. The zero-order valence-corrected chi connectivity index (χ0v) is 15.1. The number of carbonyl (C=O) groups is 1. The number of hydrogen-bond donors (Lipinski definition) is 4. The minimum Gasteiger partial charge on any atom is -0.508 e. The molecule has 0 fully saturated rings. The zero-order valence-electron chi connectivity index (χ0n) is 15.1. The van der Waals surface area contributed by atoms with Crippen molar-refractivity contribution in [3.8, 4) is 28.7 Å². The van der Waals surface area contributed by atoms with Crippen molar-refractivity contribution in [3.05, 3.63) is 77.9 Å². The summed E-state index contributed by atoms with van der Waals surface area (Å²) in [6.45, 7) is 1.33. The quantitative estimate of drug-likeness (QED) is 0.307. The monoisotopic (exact) mass is 380 g/mol. The third kappa shape index (κ3) is 7.13. The highest BCUT2D eigenvalue weighted by atomic mass is 16.5. The fourth-order valence-corrected chi connectivity index (χ4v) is 2.17. The van der Waals surface area contributed by atoms with Crippen LogP contribution in [-0.2, 0) is 4.79 Å². The molecule has 3 aromatic carbocycles. The molecule has 0 aliphatic heterocycles. The molecular weight excluding hydrogens is 360 g/mol. The number of esters is 1. The molecule has 0 atom stereocenters. The molecule has 6 heteroatoms. The molecule has 3 rings (SSSR count). The van der Waals surface area contributed by atoms with E-state index in [0.717, 1.165) is 5.56 Å². The largest absolute Gasteiger partial charge is 0.508 e. The van der Waals surface area contributed by atoms with Gasteiger partial charge in [-0.05, 0) is 59.7 Å². The van der Waals surface area contributed by atoms with Gasteiger partial charge in [-0.2, -0.15) is 0 Å². The van der Waals surface area contributed by atoms with Crippen LogP contribution in [0.15, 0.2) is 66.7 Å². The summed E-state index contributed by atoms with van der Waals surface area (Å²) in [6.07, 6.45) is 3.60. The van der Waals surface area contributed by atoms with Gasteiger partial charge in [0.15, 0.2) is 0 Å². The number of aromatic hydroxyl groups is 4. The van der Waals surface area contributed by atoms with Gasteiger partial charge in [-0.1, -0.05) is 24.3 Å². The second kappa shape index (κ2) is 9.68. The van der Waals surface area contributed by atoms with E-state index in [9.17, 15) is 15.0 Å². The van der Waals surface area contributed by atoms with Gasteiger partial charge in [0.2, 0.25) is 0 Å². The van der Waals surface area contributed by atoms with Gasteiger partial charge in [-0.3, -0.25) is 4.79 Å². The lowest BCUT2D eigenvalue weighted by Gasteiger charge is -1.99. The number of phenolic OH excluding ortho intramolecular Hbond substituents is 4. The van der Waals surface area contributed by atoms with Gasteiger partial charge in [0.25, 0.3) is 0 Å². The van der Waals surface area contributed by atoms with Crippen LogP contribution in [0.5, 0.6) is 28.7 Å². The molecule has 0 bridgehead atoms. The smallest absolute Gasteiger partial charge is 0.308 e. The summed E-state index contributed by atoms with van der Waals surface area (Å²) in [6, 6.07) is 17.1. The van der Waals surface area contributed by atoms with E-state index in [0.29, 0.717) is 11.3 Å². The zero-order chi connectivity index (χ0) is 20.5. The highest BCUT2D eigenvalue weighted by molar-refractivity contribution is 5.71. The second-order valence-electron chi connectivity index (χ2n) is 5.80. The molecule has 0 spiro atoms. The van der Waals surface area contributed by atoms with Gasteiger partial charge in [-0.15, -0.1) is 0 Å². The Labute approximate surface area is 162 Å². The molecule has 144 valence electrons. The fourth-order valence-electron chi connectivity index (χ4n) is 2.17. The van der Waals surface area contributed by atoms with Crippen molar-refractivity contribution in [1.82, 2.24) is 0 Å². The van der Waals surface area contributed by atoms with Crippen LogP contribution >= 0.6 is 0 Å². The first-order valence-corrected chi connectivity index (χ1v) is 8.29. The van der Waals surface area contributed by atoms with Crippen LogP contribution in [0.1, 0.15) is 18.1 Å². The Morgan fingerprint density at radius 2 is 1.14 bits per heavy atom. The lowest BCUT2D eigenvalue weighted by atomic mass is 10.1. The fraction of sp³-hybridized carbons (Fsp3) is 0.0455. The van der Waals surface area contributed by atoms with Gasteiger partial charge < -0.3 is 25.2 Å². The van der Waals surface area contributed by atoms with E-state index in [2.05, 4.69) is 0 Å². The molecule has 0 saturated carbocycles. The van der Waals surface area contributed by atoms with Crippen LogP contribution in [0, 0.1) is 0 Å². The number of ether oxygens (including phenoxy) is 1. The van der Waals surface area contributed by atoms with Gasteiger partial charge in [0, 0.05) is 13.0 Å². The highest BCUT2D eigenvalue weighted by Crippen LogP contribution is 2.22. The molecule has 0 unspecified atom stereocenters. The number of rotatable bonds is 3. The minimum absolute atomic E-state index is 0.0235. The van der Waals surface area contributed by atoms with Crippen molar-refractivity contribution in [2.45, 2.75) is 6.92 Å². The van der Waals surface area contributed by atoms with Gasteiger partial charge in [-0.25, -0.2) is 0 Å². The molecule has 28 heavy (non-hydrogen) atoms. The summed E-state index contributed by atoms with van der Waals surface area (Å²) in [5.41, 5.74) is 1.63. The Balaban J connectivity index is 0.000000221. The molecule has 0 aliphatic carbocycles. The van der Waals surface area contributed by atoms with Crippen LogP contribution in [0.2, 0.25) is 0 Å². The molecule has 0 aliphatic rings. The second-order valence-corrected chi connectivity index (χ2v) is 5.80. The first-order chi connectivity index (χ1) is 13.3. The Kier molecular flexibility index (Phi) is 7.05. The van der Waals surface area contributed by atoms with Crippen molar-refractivity contribution in [2.24, 2.45) is 0 Å². The third-order valence-electron chi connectivity index (χ3n) is 3.38. The van der Waals surface area contributed by atoms with Crippen LogP contribution in [-0.4, -0.2) is 26.4 Å². The molecule has 0 radical (unpaired) electrons. The van der Waals surface area contributed by atoms with Crippen molar-refractivity contribution in [3.63, 3.8) is 0 Å². The van der Waals surface area contributed by atoms with Crippen molar-refractivity contribution >= 4 is 18.1 Å². The van der Waals surface area contributed by atoms with E-state index in [-0.39, 0.29) is 29.0 Å². The maximum atomic E-state index is 10.4. The summed E-state index contributed by atoms with van der Waals surface area (Å²) >= 11 is 0. The molecule has 4 N–H and O–H groups in total. The lowest BCUT2D eigenvalue weighted by molar-refractivity contribution is -0.131. The average molecular weight is 380 g/mol. The maximum Gasteiger partial charge on any atom is 0.308 e. The van der Waals surface area contributed by atoms with Crippen molar-refractivity contribution < 1.29 is 30.0 Å². The van der Waals surface area contributed by atoms with Crippen LogP contribution in [0.25, 0.3) is 12.2 Å². The molecule has 6 nitrogen and oxygen atoms in total. The molecule has 0 saturated heterocycles. The van der Waals surface area contributed by atoms with Gasteiger partial charge in [0.1, 0.15) is 28.7 Å². The summed E-state index contributed by atoms with van der Waals surface area (Å²) in [4.78, 5) is 10.4. The standard InChI is InChI=1S/C14H12O3.C8H8O3/c15-12-5-3-10(4-6-12)1-2-11-7-13(16)9-14(17)8-11;1-6(9)11-8-4-2-7(10)3-5-8/h1-9,15-17H;2-5,10H,1H3.